The third kappa shape index (κ3) is 1.24. The van der Waals surface area contributed by atoms with Gasteiger partial charge in [-0.3, -0.25) is 4.79 Å². The highest BCUT2D eigenvalue weighted by Crippen LogP contribution is 2.59. The molecule has 0 radical (unpaired) electrons. The molecule has 2 aliphatic rings. The Balaban J connectivity index is 2.08. The van der Waals surface area contributed by atoms with Crippen molar-refractivity contribution in [2.24, 2.45) is 11.8 Å². The summed E-state index contributed by atoms with van der Waals surface area (Å²) in [5, 5.41) is 9.27. The number of nitrogens with zero attached hydrogens (tertiary/aromatic N) is 1. The number of methoxy groups -OCH3 is 1. The highest BCUT2D eigenvalue weighted by molar-refractivity contribution is 5.76. The van der Waals surface area contributed by atoms with Gasteiger partial charge in [0.2, 0.25) is 0 Å². The maximum atomic E-state index is 11.8. The van der Waals surface area contributed by atoms with Crippen molar-refractivity contribution in [1.29, 1.82) is 5.26 Å². The molecule has 2 bridgehead atoms. The molecule has 1 aromatic carbocycles. The summed E-state index contributed by atoms with van der Waals surface area (Å²) in [6, 6.07) is 10.5. The number of ether oxygens (including phenoxy) is 1. The van der Waals surface area contributed by atoms with Crippen LogP contribution in [-0.4, -0.2) is 13.1 Å². The monoisotopic (exact) mass is 227 g/mol. The second-order valence-electron chi connectivity index (χ2n) is 4.78. The van der Waals surface area contributed by atoms with Crippen LogP contribution in [0, 0.1) is 23.2 Å². The van der Waals surface area contributed by atoms with Gasteiger partial charge in [0.1, 0.15) is 0 Å². The van der Waals surface area contributed by atoms with Crippen LogP contribution in [0.1, 0.15) is 29.4 Å². The van der Waals surface area contributed by atoms with Gasteiger partial charge >= 0.3 is 5.97 Å². The molecule has 0 spiro atoms. The van der Waals surface area contributed by atoms with Crippen LogP contribution >= 0.6 is 0 Å². The number of esters is 1. The highest BCUT2D eigenvalue weighted by atomic mass is 16.5. The van der Waals surface area contributed by atoms with E-state index in [0.29, 0.717) is 0 Å². The predicted molar refractivity (Wildman–Crippen MR) is 61.2 cm³/mol. The molecule has 0 aromatic heterocycles. The molecule has 1 aromatic rings. The van der Waals surface area contributed by atoms with Crippen LogP contribution < -0.4 is 0 Å². The minimum absolute atomic E-state index is 0.174. The molecule has 3 nitrogen and oxygen atoms in total. The molecular formula is C14H13NO2. The zero-order valence-corrected chi connectivity index (χ0v) is 9.59. The summed E-state index contributed by atoms with van der Waals surface area (Å²) in [5.41, 5.74) is 2.49. The number of rotatable bonds is 1. The zero-order valence-electron chi connectivity index (χ0n) is 9.59. The van der Waals surface area contributed by atoms with Crippen molar-refractivity contribution in [2.75, 3.05) is 7.11 Å². The third-order valence-corrected chi connectivity index (χ3v) is 4.18. The lowest BCUT2D eigenvalue weighted by Gasteiger charge is -2.26. The van der Waals surface area contributed by atoms with E-state index in [2.05, 4.69) is 18.2 Å². The summed E-state index contributed by atoms with van der Waals surface area (Å²) in [6.07, 6.45) is 0.914. The molecule has 0 aliphatic heterocycles. The van der Waals surface area contributed by atoms with E-state index in [1.165, 1.54) is 18.2 Å². The van der Waals surface area contributed by atoms with Gasteiger partial charge in [0.05, 0.1) is 25.0 Å². The molecule has 2 aliphatic carbocycles. The molecule has 0 amide bonds. The number of carbonyl (C=O) groups excluding carboxylic acids is 1. The van der Waals surface area contributed by atoms with Gasteiger partial charge in [0.25, 0.3) is 0 Å². The zero-order chi connectivity index (χ0) is 12.0. The fraction of sp³-hybridized carbons (Fsp3) is 0.429. The molecule has 4 atom stereocenters. The second-order valence-corrected chi connectivity index (χ2v) is 4.78. The first kappa shape index (κ1) is 10.3. The standard InChI is InChI=1S/C14H13NO2/c1-17-14(16)13-11-6-10(12(13)7-15)8-4-2-3-5-9(8)11/h2-5,10-13H,6H2,1H3/t10-,11+,12-,13+/m1/s1. The Labute approximate surface area is 100 Å². The molecule has 0 saturated heterocycles. The van der Waals surface area contributed by atoms with Crippen LogP contribution in [0.25, 0.3) is 0 Å². The van der Waals surface area contributed by atoms with Gasteiger partial charge in [-0.1, -0.05) is 24.3 Å². The quantitative estimate of drug-likeness (QED) is 0.691. The van der Waals surface area contributed by atoms with Crippen LogP contribution in [0.2, 0.25) is 0 Å². The van der Waals surface area contributed by atoms with Crippen molar-refractivity contribution in [3.63, 3.8) is 0 Å². The van der Waals surface area contributed by atoms with E-state index in [-0.39, 0.29) is 29.6 Å². The Hall–Kier alpha value is -1.82. The highest BCUT2D eigenvalue weighted by Gasteiger charge is 2.54. The average molecular weight is 227 g/mol. The van der Waals surface area contributed by atoms with E-state index >= 15 is 0 Å². The summed E-state index contributed by atoms with van der Waals surface area (Å²) in [7, 11) is 1.40. The number of nitriles is 1. The maximum absolute atomic E-state index is 11.8. The van der Waals surface area contributed by atoms with E-state index in [1.54, 1.807) is 0 Å². The number of hydrogen-bond acceptors (Lipinski definition) is 3. The molecule has 1 saturated carbocycles. The van der Waals surface area contributed by atoms with Crippen molar-refractivity contribution in [3.8, 4) is 6.07 Å². The largest absolute Gasteiger partial charge is 0.469 e. The minimum atomic E-state index is -0.273. The van der Waals surface area contributed by atoms with Gasteiger partial charge < -0.3 is 4.74 Å². The van der Waals surface area contributed by atoms with Crippen LogP contribution in [0.4, 0.5) is 0 Å². The average Bonchev–Trinajstić information content (AvgIpc) is 2.93. The number of carbonyl (C=O) groups is 1. The summed E-state index contributed by atoms with van der Waals surface area (Å²) >= 11 is 0. The molecule has 0 N–H and O–H groups in total. The van der Waals surface area contributed by atoms with Crippen molar-refractivity contribution >= 4 is 5.97 Å². The van der Waals surface area contributed by atoms with Crippen molar-refractivity contribution in [1.82, 2.24) is 0 Å². The molecular weight excluding hydrogens is 214 g/mol. The first-order valence-electron chi connectivity index (χ1n) is 5.84. The molecule has 1 fully saturated rings. The third-order valence-electron chi connectivity index (χ3n) is 4.18. The predicted octanol–water partition coefficient (Wildman–Crippen LogP) is 2.20. The van der Waals surface area contributed by atoms with E-state index in [1.807, 2.05) is 12.1 Å². The van der Waals surface area contributed by atoms with Gasteiger partial charge in [-0.15, -0.1) is 0 Å². The van der Waals surface area contributed by atoms with Crippen LogP contribution in [-0.2, 0) is 9.53 Å². The normalized spacial score (nSPS) is 32.9. The van der Waals surface area contributed by atoms with Gasteiger partial charge in [-0.2, -0.15) is 5.26 Å². The SMILES string of the molecule is COC(=O)[C@@H]1[C@H](C#N)[C@@H]2C[C@H]1c1ccccc12. The van der Waals surface area contributed by atoms with Crippen LogP contribution in [0.5, 0.6) is 0 Å². The lowest BCUT2D eigenvalue weighted by atomic mass is 9.76. The Morgan fingerprint density at radius 3 is 2.59 bits per heavy atom. The Morgan fingerprint density at radius 1 is 1.35 bits per heavy atom. The van der Waals surface area contributed by atoms with Crippen LogP contribution in [0.15, 0.2) is 24.3 Å². The Bertz CT molecular complexity index is 517. The van der Waals surface area contributed by atoms with E-state index in [0.717, 1.165) is 6.42 Å². The molecule has 17 heavy (non-hydrogen) atoms. The molecule has 0 unspecified atom stereocenters. The number of hydrogen-bond donors (Lipinski definition) is 0. The maximum Gasteiger partial charge on any atom is 0.310 e. The van der Waals surface area contributed by atoms with Crippen LogP contribution in [0.3, 0.4) is 0 Å². The van der Waals surface area contributed by atoms with Crippen molar-refractivity contribution < 1.29 is 9.53 Å². The summed E-state index contributed by atoms with van der Waals surface area (Å²) in [6.45, 7) is 0. The first-order chi connectivity index (χ1) is 8.27. The van der Waals surface area contributed by atoms with E-state index < -0.39 is 0 Å². The Morgan fingerprint density at radius 2 is 2.00 bits per heavy atom. The van der Waals surface area contributed by atoms with Gasteiger partial charge in [-0.05, 0) is 23.5 Å². The lowest BCUT2D eigenvalue weighted by Crippen LogP contribution is -2.28. The molecule has 3 heteroatoms. The fourth-order valence-corrected chi connectivity index (χ4v) is 3.51. The van der Waals surface area contributed by atoms with E-state index in [9.17, 15) is 10.1 Å². The van der Waals surface area contributed by atoms with Crippen molar-refractivity contribution in [2.45, 2.75) is 18.3 Å². The summed E-state index contributed by atoms with van der Waals surface area (Å²) in [4.78, 5) is 11.8. The summed E-state index contributed by atoms with van der Waals surface area (Å²) < 4.78 is 4.84. The lowest BCUT2D eigenvalue weighted by molar-refractivity contribution is -0.146. The van der Waals surface area contributed by atoms with E-state index in [4.69, 9.17) is 4.74 Å². The van der Waals surface area contributed by atoms with Gasteiger partial charge in [-0.25, -0.2) is 0 Å². The Kier molecular flexibility index (Phi) is 2.19. The first-order valence-corrected chi connectivity index (χ1v) is 5.84. The van der Waals surface area contributed by atoms with Gasteiger partial charge in [0.15, 0.2) is 0 Å². The smallest absolute Gasteiger partial charge is 0.310 e. The number of fused-ring (bicyclic) bond motifs is 5. The molecule has 3 rings (SSSR count). The molecule has 0 heterocycles. The summed E-state index contributed by atoms with van der Waals surface area (Å²) in [5.74, 6) is -0.343. The number of benzene rings is 1. The fourth-order valence-electron chi connectivity index (χ4n) is 3.51. The van der Waals surface area contributed by atoms with Crippen molar-refractivity contribution in [3.05, 3.63) is 35.4 Å². The van der Waals surface area contributed by atoms with Gasteiger partial charge in [0, 0.05) is 5.92 Å². The topological polar surface area (TPSA) is 50.1 Å². The molecule has 86 valence electrons. The minimum Gasteiger partial charge on any atom is -0.469 e. The second kappa shape index (κ2) is 3.59.